The topological polar surface area (TPSA) is 234 Å². The van der Waals surface area contributed by atoms with Gasteiger partial charge in [-0.25, -0.2) is 0 Å². The van der Waals surface area contributed by atoms with Crippen molar-refractivity contribution < 1.29 is 64.0 Å². The summed E-state index contributed by atoms with van der Waals surface area (Å²) < 4.78 is 21.5. The van der Waals surface area contributed by atoms with Crippen LogP contribution >= 0.6 is 0 Å². The number of fused-ring (bicyclic) bond motifs is 1. The number of ether oxygens (including phenoxy) is 3. The Morgan fingerprint density at radius 2 is 1.61 bits per heavy atom. The molecule has 2 heterocycles. The lowest BCUT2D eigenvalue weighted by Gasteiger charge is -2.39. The first-order valence-corrected chi connectivity index (χ1v) is 11.0. The number of benzene rings is 2. The Bertz CT molecular complexity index is 1410. The van der Waals surface area contributed by atoms with E-state index in [1.165, 1.54) is 24.3 Å². The Balaban J connectivity index is 1.73. The van der Waals surface area contributed by atoms with E-state index in [0.717, 1.165) is 12.1 Å². The summed E-state index contributed by atoms with van der Waals surface area (Å²) in [5, 5.41) is 69.0. The van der Waals surface area contributed by atoms with Crippen LogP contribution in [0.25, 0.3) is 22.3 Å². The number of carboxylic acid groups (broad SMARTS) is 1. The summed E-state index contributed by atoms with van der Waals surface area (Å²) in [5.41, 5.74) is -1.01. The van der Waals surface area contributed by atoms with Gasteiger partial charge >= 0.3 is 11.9 Å². The summed E-state index contributed by atoms with van der Waals surface area (Å²) in [6.07, 6.45) is -9.97. The van der Waals surface area contributed by atoms with Crippen LogP contribution in [0.2, 0.25) is 0 Å². The van der Waals surface area contributed by atoms with Crippen LogP contribution in [0.1, 0.15) is 6.42 Å². The number of esters is 1. The van der Waals surface area contributed by atoms with E-state index in [4.69, 9.17) is 23.7 Å². The Labute approximate surface area is 212 Å². The summed E-state index contributed by atoms with van der Waals surface area (Å²) in [5.74, 6) is -4.68. The molecule has 0 bridgehead atoms. The number of rotatable bonds is 7. The monoisotopic (exact) mass is 534 g/mol. The molecule has 5 atom stereocenters. The third kappa shape index (κ3) is 5.33. The quantitative estimate of drug-likeness (QED) is 0.153. The normalized spacial score (nSPS) is 23.2. The molecule has 1 saturated heterocycles. The summed E-state index contributed by atoms with van der Waals surface area (Å²) in [6, 6.07) is 7.22. The van der Waals surface area contributed by atoms with Gasteiger partial charge in [0.2, 0.25) is 17.5 Å². The van der Waals surface area contributed by atoms with Gasteiger partial charge in [-0.1, -0.05) is 0 Å². The highest BCUT2D eigenvalue weighted by molar-refractivity contribution is 5.90. The fourth-order valence-electron chi connectivity index (χ4n) is 3.80. The van der Waals surface area contributed by atoms with Crippen molar-refractivity contribution in [2.45, 2.75) is 37.1 Å². The maximum Gasteiger partial charge on any atom is 0.317 e. The first-order valence-electron chi connectivity index (χ1n) is 11.0. The molecular weight excluding hydrogens is 512 g/mol. The van der Waals surface area contributed by atoms with Gasteiger partial charge in [0.15, 0.2) is 5.76 Å². The molecular formula is C24H22O14. The second-order valence-electron chi connectivity index (χ2n) is 8.36. The fraction of sp³-hybridized carbons (Fsp3) is 0.292. The standard InChI is InChI=1S/C24H22O14/c25-10-3-1-9(2-4-10)22-23(19(32)17-12(27)5-11(26)6-13(17)36-22)38-24-21(34)20(33)18(31)14(37-24)8-35-16(30)7-15(28)29/h1-6,14,18,20-21,24-27,31,33-34H,7-8H2,(H,28,29)/t14?,18-,20-,21?,24+/m1/s1. The van der Waals surface area contributed by atoms with Crippen LogP contribution in [-0.2, 0) is 19.1 Å². The van der Waals surface area contributed by atoms with Crippen LogP contribution in [0.15, 0.2) is 45.6 Å². The highest BCUT2D eigenvalue weighted by atomic mass is 16.7. The average molecular weight is 534 g/mol. The molecule has 0 radical (unpaired) electrons. The molecule has 0 spiro atoms. The third-order valence-corrected chi connectivity index (χ3v) is 5.65. The lowest BCUT2D eigenvalue weighted by Crippen LogP contribution is -2.60. The van der Waals surface area contributed by atoms with Gasteiger partial charge in [0.05, 0.1) is 0 Å². The van der Waals surface area contributed by atoms with Gasteiger partial charge < -0.3 is 54.4 Å². The number of aliphatic hydroxyl groups is 3. The second kappa shape index (κ2) is 10.5. The zero-order chi connectivity index (χ0) is 27.7. The molecule has 14 nitrogen and oxygen atoms in total. The molecule has 1 aliphatic rings. The van der Waals surface area contributed by atoms with E-state index < -0.39 is 83.7 Å². The summed E-state index contributed by atoms with van der Waals surface area (Å²) >= 11 is 0. The van der Waals surface area contributed by atoms with E-state index in [9.17, 15) is 45.0 Å². The summed E-state index contributed by atoms with van der Waals surface area (Å²) in [6.45, 7) is -0.728. The SMILES string of the molecule is O=C(O)CC(=O)OCC1O[C@@H](Oc2c(-c3ccc(O)cc3)oc3cc(O)cc(O)c3c2=O)C(O)[C@H](O)[C@@H]1O. The van der Waals surface area contributed by atoms with Crippen LogP contribution in [-0.4, -0.2) is 85.0 Å². The number of aliphatic hydroxyl groups excluding tert-OH is 3. The number of carbonyl (C=O) groups is 2. The zero-order valence-electron chi connectivity index (χ0n) is 19.3. The molecule has 0 saturated carbocycles. The number of carbonyl (C=O) groups excluding carboxylic acids is 1. The fourth-order valence-corrected chi connectivity index (χ4v) is 3.80. The summed E-state index contributed by atoms with van der Waals surface area (Å²) in [7, 11) is 0. The maximum atomic E-state index is 13.4. The minimum absolute atomic E-state index is 0.113. The lowest BCUT2D eigenvalue weighted by molar-refractivity contribution is -0.278. The molecule has 202 valence electrons. The number of phenolic OH excluding ortho intramolecular Hbond substituents is 3. The maximum absolute atomic E-state index is 13.4. The van der Waals surface area contributed by atoms with E-state index in [1.807, 2.05) is 0 Å². The molecule has 4 rings (SSSR count). The Hall–Kier alpha value is -4.37. The number of hydrogen-bond donors (Lipinski definition) is 7. The van der Waals surface area contributed by atoms with Crippen molar-refractivity contribution in [3.63, 3.8) is 0 Å². The lowest BCUT2D eigenvalue weighted by atomic mass is 9.99. The van der Waals surface area contributed by atoms with Gasteiger partial charge in [0.25, 0.3) is 0 Å². The van der Waals surface area contributed by atoms with E-state index >= 15 is 0 Å². The van der Waals surface area contributed by atoms with E-state index in [1.54, 1.807) is 0 Å². The highest BCUT2D eigenvalue weighted by Crippen LogP contribution is 2.37. The van der Waals surface area contributed by atoms with Gasteiger partial charge in [-0.15, -0.1) is 0 Å². The van der Waals surface area contributed by atoms with Crippen LogP contribution in [0, 0.1) is 0 Å². The largest absolute Gasteiger partial charge is 0.508 e. The number of phenols is 3. The van der Waals surface area contributed by atoms with E-state index in [0.29, 0.717) is 0 Å². The molecule has 2 unspecified atom stereocenters. The molecule has 1 fully saturated rings. The molecule has 0 aliphatic carbocycles. The van der Waals surface area contributed by atoms with Crippen molar-refractivity contribution in [3.8, 4) is 34.3 Å². The molecule has 14 heteroatoms. The van der Waals surface area contributed by atoms with Crippen LogP contribution in [0.3, 0.4) is 0 Å². The highest BCUT2D eigenvalue weighted by Gasteiger charge is 2.46. The third-order valence-electron chi connectivity index (χ3n) is 5.65. The minimum Gasteiger partial charge on any atom is -0.508 e. The first-order chi connectivity index (χ1) is 18.0. The van der Waals surface area contributed by atoms with E-state index in [2.05, 4.69) is 0 Å². The molecule has 1 aliphatic heterocycles. The van der Waals surface area contributed by atoms with Crippen molar-refractivity contribution in [1.29, 1.82) is 0 Å². The summed E-state index contributed by atoms with van der Waals surface area (Å²) in [4.78, 5) is 35.6. The van der Waals surface area contributed by atoms with Gasteiger partial charge in [-0.2, -0.15) is 0 Å². The Morgan fingerprint density at radius 3 is 2.26 bits per heavy atom. The molecule has 2 aromatic carbocycles. The van der Waals surface area contributed by atoms with Crippen molar-refractivity contribution in [2.24, 2.45) is 0 Å². The van der Waals surface area contributed by atoms with E-state index in [-0.39, 0.29) is 22.7 Å². The predicted molar refractivity (Wildman–Crippen MR) is 123 cm³/mol. The minimum atomic E-state index is -1.94. The first kappa shape index (κ1) is 26.7. The zero-order valence-corrected chi connectivity index (χ0v) is 19.3. The van der Waals surface area contributed by atoms with Crippen LogP contribution in [0.5, 0.6) is 23.0 Å². The van der Waals surface area contributed by atoms with Crippen molar-refractivity contribution in [2.75, 3.05) is 6.61 Å². The van der Waals surface area contributed by atoms with Crippen molar-refractivity contribution >= 4 is 22.9 Å². The number of aromatic hydroxyl groups is 3. The molecule has 0 amide bonds. The second-order valence-corrected chi connectivity index (χ2v) is 8.36. The average Bonchev–Trinajstić information content (AvgIpc) is 2.84. The Kier molecular flexibility index (Phi) is 7.41. The molecule has 7 N–H and O–H groups in total. The number of aliphatic carboxylic acids is 1. The molecule has 38 heavy (non-hydrogen) atoms. The van der Waals surface area contributed by atoms with Gasteiger partial charge in [0, 0.05) is 17.7 Å². The molecule has 3 aromatic rings. The smallest absolute Gasteiger partial charge is 0.317 e. The predicted octanol–water partition coefficient (Wildman–Crippen LogP) is -0.219. The van der Waals surface area contributed by atoms with Gasteiger partial charge in [0.1, 0.15) is 65.7 Å². The van der Waals surface area contributed by atoms with Crippen LogP contribution in [0.4, 0.5) is 0 Å². The van der Waals surface area contributed by atoms with Crippen molar-refractivity contribution in [1.82, 2.24) is 0 Å². The Morgan fingerprint density at radius 1 is 0.921 bits per heavy atom. The van der Waals surface area contributed by atoms with Crippen LogP contribution < -0.4 is 10.2 Å². The molecule has 1 aromatic heterocycles. The number of hydrogen-bond acceptors (Lipinski definition) is 13. The number of carboxylic acids is 1. The van der Waals surface area contributed by atoms with Gasteiger partial charge in [-0.05, 0) is 24.3 Å². The van der Waals surface area contributed by atoms with Crippen molar-refractivity contribution in [3.05, 3.63) is 46.6 Å². The van der Waals surface area contributed by atoms with Gasteiger partial charge in [-0.3, -0.25) is 14.4 Å².